The van der Waals surface area contributed by atoms with Crippen molar-refractivity contribution in [1.82, 2.24) is 10.2 Å². The first-order valence-corrected chi connectivity index (χ1v) is 11.5. The van der Waals surface area contributed by atoms with Gasteiger partial charge in [-0.05, 0) is 61.2 Å². The number of carbonyl (C=O) groups excluding carboxylic acids is 3. The Morgan fingerprint density at radius 1 is 0.853 bits per heavy atom. The van der Waals surface area contributed by atoms with Crippen molar-refractivity contribution in [2.45, 2.75) is 40.2 Å². The Hall–Kier alpha value is -3.81. The number of nitrogens with one attached hydrogen (secondary N) is 1. The molecule has 8 nitrogen and oxygen atoms in total. The lowest BCUT2D eigenvalue weighted by Crippen LogP contribution is -2.53. The lowest BCUT2D eigenvalue weighted by Gasteiger charge is -2.26. The van der Waals surface area contributed by atoms with Gasteiger partial charge in [0, 0.05) is 0 Å². The predicted molar refractivity (Wildman–Crippen MR) is 128 cm³/mol. The van der Waals surface area contributed by atoms with Crippen LogP contribution in [0.5, 0.6) is 17.2 Å². The summed E-state index contributed by atoms with van der Waals surface area (Å²) in [5.41, 5.74) is 1.20. The standard InChI is InChI=1S/C26H30N2O6/c1-4-13-33-20-10-7-18(8-11-20)15-21-24(29)27-26(31)28(25(21)30)17-19-9-12-22(34-14-5-2)23(16-19)32-6-3/h7-12,15-16H,4-6,13-14,17H2,1-3H3,(H,27,29,31)/b21-15+. The van der Waals surface area contributed by atoms with Crippen molar-refractivity contribution in [3.63, 3.8) is 0 Å². The maximum absolute atomic E-state index is 13.1. The topological polar surface area (TPSA) is 94.2 Å². The van der Waals surface area contributed by atoms with Gasteiger partial charge in [-0.3, -0.25) is 19.8 Å². The minimum Gasteiger partial charge on any atom is -0.494 e. The third-order valence-electron chi connectivity index (χ3n) is 4.96. The molecular weight excluding hydrogens is 436 g/mol. The van der Waals surface area contributed by atoms with Crippen molar-refractivity contribution < 1.29 is 28.6 Å². The van der Waals surface area contributed by atoms with Gasteiger partial charge < -0.3 is 14.2 Å². The summed E-state index contributed by atoms with van der Waals surface area (Å²) in [7, 11) is 0. The van der Waals surface area contributed by atoms with Crippen molar-refractivity contribution in [2.75, 3.05) is 19.8 Å². The number of rotatable bonds is 11. The molecule has 4 amide bonds. The lowest BCUT2D eigenvalue weighted by atomic mass is 10.1. The van der Waals surface area contributed by atoms with Crippen molar-refractivity contribution in [1.29, 1.82) is 0 Å². The number of nitrogens with zero attached hydrogens (tertiary/aromatic N) is 1. The van der Waals surface area contributed by atoms with Gasteiger partial charge in [0.25, 0.3) is 11.8 Å². The van der Waals surface area contributed by atoms with Gasteiger partial charge in [0.15, 0.2) is 11.5 Å². The van der Waals surface area contributed by atoms with Crippen molar-refractivity contribution in [3.8, 4) is 17.2 Å². The van der Waals surface area contributed by atoms with Gasteiger partial charge in [-0.1, -0.05) is 32.0 Å². The summed E-state index contributed by atoms with van der Waals surface area (Å²) in [6.45, 7) is 7.47. The first-order valence-electron chi connectivity index (χ1n) is 11.5. The SMILES string of the molecule is CCCOc1ccc(/C=C2\C(=O)NC(=O)N(Cc3ccc(OCCC)c(OCC)c3)C2=O)cc1. The lowest BCUT2D eigenvalue weighted by molar-refractivity contribution is -0.130. The van der Waals surface area contributed by atoms with Crippen LogP contribution in [-0.2, 0) is 16.1 Å². The molecule has 2 aromatic rings. The molecule has 34 heavy (non-hydrogen) atoms. The van der Waals surface area contributed by atoms with E-state index < -0.39 is 17.8 Å². The molecule has 1 N–H and O–H groups in total. The molecule has 1 saturated heterocycles. The van der Waals surface area contributed by atoms with E-state index >= 15 is 0 Å². The van der Waals surface area contributed by atoms with Crippen LogP contribution in [0.15, 0.2) is 48.0 Å². The molecule has 0 atom stereocenters. The number of benzene rings is 2. The van der Waals surface area contributed by atoms with E-state index in [9.17, 15) is 14.4 Å². The van der Waals surface area contributed by atoms with Crippen molar-refractivity contribution in [2.24, 2.45) is 0 Å². The molecule has 0 spiro atoms. The van der Waals surface area contributed by atoms with Gasteiger partial charge in [0.05, 0.1) is 26.4 Å². The summed E-state index contributed by atoms with van der Waals surface area (Å²) < 4.78 is 16.9. The normalized spacial score (nSPS) is 14.9. The van der Waals surface area contributed by atoms with Crippen molar-refractivity contribution >= 4 is 23.9 Å². The van der Waals surface area contributed by atoms with Crippen LogP contribution in [0.4, 0.5) is 4.79 Å². The molecule has 180 valence electrons. The minimum atomic E-state index is -0.764. The third-order valence-corrected chi connectivity index (χ3v) is 4.96. The minimum absolute atomic E-state index is 0.0206. The number of amides is 4. The van der Waals surface area contributed by atoms with E-state index in [1.54, 1.807) is 42.5 Å². The molecule has 0 radical (unpaired) electrons. The van der Waals surface area contributed by atoms with Crippen LogP contribution in [0.3, 0.4) is 0 Å². The van der Waals surface area contributed by atoms with Gasteiger partial charge >= 0.3 is 6.03 Å². The van der Waals surface area contributed by atoms with E-state index in [1.165, 1.54) is 6.08 Å². The highest BCUT2D eigenvalue weighted by atomic mass is 16.5. The quantitative estimate of drug-likeness (QED) is 0.391. The number of barbiturate groups is 1. The Labute approximate surface area is 199 Å². The molecule has 3 rings (SSSR count). The zero-order valence-electron chi connectivity index (χ0n) is 19.8. The van der Waals surface area contributed by atoms with Crippen LogP contribution >= 0.6 is 0 Å². The second-order valence-corrected chi connectivity index (χ2v) is 7.69. The number of urea groups is 1. The average Bonchev–Trinajstić information content (AvgIpc) is 2.83. The summed E-state index contributed by atoms with van der Waals surface area (Å²) in [5.74, 6) is 0.455. The molecule has 0 saturated carbocycles. The van der Waals surface area contributed by atoms with E-state index in [-0.39, 0.29) is 12.1 Å². The van der Waals surface area contributed by atoms with E-state index in [4.69, 9.17) is 14.2 Å². The summed E-state index contributed by atoms with van der Waals surface area (Å²) >= 11 is 0. The van der Waals surface area contributed by atoms with E-state index in [0.717, 1.165) is 17.7 Å². The molecule has 0 aromatic heterocycles. The number of ether oxygens (including phenoxy) is 3. The number of hydrogen-bond donors (Lipinski definition) is 1. The van der Waals surface area contributed by atoms with Gasteiger partial charge in [0.1, 0.15) is 11.3 Å². The highest BCUT2D eigenvalue weighted by molar-refractivity contribution is 6.30. The van der Waals surface area contributed by atoms with Crippen LogP contribution in [0.25, 0.3) is 6.08 Å². The van der Waals surface area contributed by atoms with Gasteiger partial charge in [-0.25, -0.2) is 4.79 Å². The van der Waals surface area contributed by atoms with Crippen LogP contribution in [0.2, 0.25) is 0 Å². The average molecular weight is 467 g/mol. The second-order valence-electron chi connectivity index (χ2n) is 7.69. The third kappa shape index (κ3) is 6.15. The fourth-order valence-corrected chi connectivity index (χ4v) is 3.32. The zero-order chi connectivity index (χ0) is 24.5. The predicted octanol–water partition coefficient (Wildman–Crippen LogP) is 4.32. The highest BCUT2D eigenvalue weighted by Crippen LogP contribution is 2.30. The van der Waals surface area contributed by atoms with Crippen LogP contribution in [0, 0.1) is 0 Å². The van der Waals surface area contributed by atoms with Gasteiger partial charge in [-0.15, -0.1) is 0 Å². The number of carbonyl (C=O) groups is 3. The molecule has 1 fully saturated rings. The first-order chi connectivity index (χ1) is 16.5. The van der Waals surface area contributed by atoms with E-state index in [0.29, 0.717) is 48.2 Å². The summed E-state index contributed by atoms with van der Waals surface area (Å²) in [4.78, 5) is 38.9. The zero-order valence-corrected chi connectivity index (χ0v) is 19.8. The molecule has 1 heterocycles. The Morgan fingerprint density at radius 3 is 2.24 bits per heavy atom. The monoisotopic (exact) mass is 466 g/mol. The van der Waals surface area contributed by atoms with Crippen LogP contribution in [0.1, 0.15) is 44.7 Å². The van der Waals surface area contributed by atoms with E-state index in [1.807, 2.05) is 20.8 Å². The Bertz CT molecular complexity index is 1060. The van der Waals surface area contributed by atoms with Crippen LogP contribution < -0.4 is 19.5 Å². The van der Waals surface area contributed by atoms with Crippen molar-refractivity contribution in [3.05, 3.63) is 59.2 Å². The Kier molecular flexibility index (Phi) is 8.67. The largest absolute Gasteiger partial charge is 0.494 e. The molecule has 2 aromatic carbocycles. The Morgan fingerprint density at radius 2 is 1.56 bits per heavy atom. The Balaban J connectivity index is 1.80. The molecule has 8 heteroatoms. The summed E-state index contributed by atoms with van der Waals surface area (Å²) in [5, 5.41) is 2.25. The van der Waals surface area contributed by atoms with Crippen LogP contribution in [-0.4, -0.2) is 42.6 Å². The number of imide groups is 2. The maximum atomic E-state index is 13.1. The molecule has 1 aliphatic heterocycles. The fourth-order valence-electron chi connectivity index (χ4n) is 3.32. The number of hydrogen-bond acceptors (Lipinski definition) is 6. The van der Waals surface area contributed by atoms with E-state index in [2.05, 4.69) is 5.32 Å². The van der Waals surface area contributed by atoms with Gasteiger partial charge in [-0.2, -0.15) is 0 Å². The second kappa shape index (κ2) is 11.9. The molecule has 0 unspecified atom stereocenters. The summed E-state index contributed by atoms with van der Waals surface area (Å²) in [6.07, 6.45) is 3.21. The molecule has 0 aliphatic carbocycles. The highest BCUT2D eigenvalue weighted by Gasteiger charge is 2.35. The van der Waals surface area contributed by atoms with Gasteiger partial charge in [0.2, 0.25) is 0 Å². The molecule has 1 aliphatic rings. The molecule has 0 bridgehead atoms. The fraction of sp³-hybridized carbons (Fsp3) is 0.346. The first kappa shape index (κ1) is 24.8. The smallest absolute Gasteiger partial charge is 0.331 e. The summed E-state index contributed by atoms with van der Waals surface area (Å²) in [6, 6.07) is 11.5. The maximum Gasteiger partial charge on any atom is 0.331 e. The molecular formula is C26H30N2O6.